The number of aryl methyl sites for hydroxylation is 1. The molecule has 2 rings (SSSR count). The first-order valence-corrected chi connectivity index (χ1v) is 5.33. The molecule has 0 radical (unpaired) electrons. The van der Waals surface area contributed by atoms with E-state index in [1.54, 1.807) is 5.56 Å². The van der Waals surface area contributed by atoms with Gasteiger partial charge in [0.1, 0.15) is 0 Å². The van der Waals surface area contributed by atoms with Gasteiger partial charge in [0.15, 0.2) is 0 Å². The number of benzene rings is 1. The average molecular weight is 225 g/mol. The van der Waals surface area contributed by atoms with Gasteiger partial charge >= 0.3 is 0 Å². The Labute approximate surface area is 82.1 Å². The van der Waals surface area contributed by atoms with Gasteiger partial charge in [-0.3, -0.25) is 0 Å². The molecule has 0 N–H and O–H groups in total. The average Bonchev–Trinajstić information content (AvgIpc) is 2.07. The highest BCUT2D eigenvalue weighted by atomic mass is 79.9. The van der Waals surface area contributed by atoms with Gasteiger partial charge in [0.05, 0.1) is 0 Å². The van der Waals surface area contributed by atoms with Crippen molar-refractivity contribution in [2.75, 3.05) is 0 Å². The third-order valence-electron chi connectivity index (χ3n) is 2.67. The van der Waals surface area contributed by atoms with Crippen LogP contribution in [-0.2, 0) is 12.8 Å². The molecule has 0 fully saturated rings. The van der Waals surface area contributed by atoms with Crippen LogP contribution in [-0.4, -0.2) is 0 Å². The monoisotopic (exact) mass is 224 g/mol. The molecular weight excluding hydrogens is 212 g/mol. The van der Waals surface area contributed by atoms with E-state index < -0.39 is 0 Å². The first-order chi connectivity index (χ1) is 5.77. The van der Waals surface area contributed by atoms with Crippen LogP contribution in [0, 0.1) is 5.92 Å². The van der Waals surface area contributed by atoms with E-state index in [-0.39, 0.29) is 0 Å². The Bertz CT molecular complexity index is 291. The molecule has 1 aliphatic rings. The molecule has 0 aliphatic heterocycles. The van der Waals surface area contributed by atoms with Gasteiger partial charge in [-0.15, -0.1) is 0 Å². The highest BCUT2D eigenvalue weighted by molar-refractivity contribution is 9.10. The lowest BCUT2D eigenvalue weighted by atomic mass is 9.85. The molecule has 0 saturated carbocycles. The standard InChI is InChI=1S/C11H13Br/c1-8-5-6-9-3-2-4-11(12)10(9)7-8/h2-4,8H,5-7H2,1H3. The van der Waals surface area contributed by atoms with E-state index in [2.05, 4.69) is 41.1 Å². The number of fused-ring (bicyclic) bond motifs is 1. The summed E-state index contributed by atoms with van der Waals surface area (Å²) in [4.78, 5) is 0. The molecule has 0 bridgehead atoms. The second-order valence-electron chi connectivity index (χ2n) is 3.73. The Morgan fingerprint density at radius 2 is 2.25 bits per heavy atom. The maximum Gasteiger partial charge on any atom is 0.0210 e. The van der Waals surface area contributed by atoms with Crippen molar-refractivity contribution in [3.63, 3.8) is 0 Å². The first-order valence-electron chi connectivity index (χ1n) is 4.53. The van der Waals surface area contributed by atoms with Gasteiger partial charge < -0.3 is 0 Å². The summed E-state index contributed by atoms with van der Waals surface area (Å²) in [5.41, 5.74) is 3.08. The van der Waals surface area contributed by atoms with E-state index in [0.717, 1.165) is 5.92 Å². The molecule has 1 unspecified atom stereocenters. The predicted octanol–water partition coefficient (Wildman–Crippen LogP) is 3.57. The van der Waals surface area contributed by atoms with Crippen molar-refractivity contribution in [3.05, 3.63) is 33.8 Å². The highest BCUT2D eigenvalue weighted by Crippen LogP contribution is 2.30. The first kappa shape index (κ1) is 8.31. The van der Waals surface area contributed by atoms with Crippen molar-refractivity contribution >= 4 is 15.9 Å². The second kappa shape index (κ2) is 3.21. The third kappa shape index (κ3) is 1.42. The Morgan fingerprint density at radius 1 is 1.42 bits per heavy atom. The molecule has 1 heteroatoms. The zero-order valence-electron chi connectivity index (χ0n) is 7.31. The van der Waals surface area contributed by atoms with E-state index in [1.807, 2.05) is 0 Å². The summed E-state index contributed by atoms with van der Waals surface area (Å²) in [6.45, 7) is 2.34. The lowest BCUT2D eigenvalue weighted by Gasteiger charge is -2.22. The van der Waals surface area contributed by atoms with E-state index in [0.29, 0.717) is 0 Å². The lowest BCUT2D eigenvalue weighted by Crippen LogP contribution is -2.11. The van der Waals surface area contributed by atoms with Crippen LogP contribution >= 0.6 is 15.9 Å². The Hall–Kier alpha value is -0.300. The summed E-state index contributed by atoms with van der Waals surface area (Å²) in [6, 6.07) is 6.54. The van der Waals surface area contributed by atoms with Gasteiger partial charge in [-0.05, 0) is 42.4 Å². The Kier molecular flexibility index (Phi) is 2.22. The van der Waals surface area contributed by atoms with Crippen LogP contribution in [0.4, 0.5) is 0 Å². The van der Waals surface area contributed by atoms with Crippen LogP contribution in [0.1, 0.15) is 24.5 Å². The largest absolute Gasteiger partial charge is 0.0622 e. The van der Waals surface area contributed by atoms with Crippen LogP contribution in [0.5, 0.6) is 0 Å². The Balaban J connectivity index is 2.43. The zero-order valence-corrected chi connectivity index (χ0v) is 8.89. The van der Waals surface area contributed by atoms with E-state index in [4.69, 9.17) is 0 Å². The molecule has 1 aromatic carbocycles. The van der Waals surface area contributed by atoms with Gasteiger partial charge in [-0.25, -0.2) is 0 Å². The molecular formula is C11H13Br. The molecule has 0 saturated heterocycles. The van der Waals surface area contributed by atoms with Gasteiger partial charge in [0.2, 0.25) is 0 Å². The van der Waals surface area contributed by atoms with E-state index in [1.165, 1.54) is 29.3 Å². The van der Waals surface area contributed by atoms with Crippen LogP contribution in [0.15, 0.2) is 22.7 Å². The fourth-order valence-corrected chi connectivity index (χ4v) is 2.49. The van der Waals surface area contributed by atoms with Crippen LogP contribution in [0.25, 0.3) is 0 Å². The second-order valence-corrected chi connectivity index (χ2v) is 4.58. The minimum Gasteiger partial charge on any atom is -0.0622 e. The normalized spacial score (nSPS) is 22.0. The third-order valence-corrected chi connectivity index (χ3v) is 3.42. The minimum absolute atomic E-state index is 0.858. The van der Waals surface area contributed by atoms with Crippen molar-refractivity contribution in [1.29, 1.82) is 0 Å². The molecule has 1 aromatic rings. The fraction of sp³-hybridized carbons (Fsp3) is 0.455. The van der Waals surface area contributed by atoms with Gasteiger partial charge in [-0.1, -0.05) is 35.0 Å². The van der Waals surface area contributed by atoms with Crippen molar-refractivity contribution in [2.45, 2.75) is 26.2 Å². The van der Waals surface area contributed by atoms with Crippen molar-refractivity contribution in [2.24, 2.45) is 5.92 Å². The number of halogens is 1. The topological polar surface area (TPSA) is 0 Å². The van der Waals surface area contributed by atoms with E-state index >= 15 is 0 Å². The summed E-state index contributed by atoms with van der Waals surface area (Å²) in [5, 5.41) is 0. The maximum absolute atomic E-state index is 3.61. The zero-order chi connectivity index (χ0) is 8.55. The van der Waals surface area contributed by atoms with Gasteiger partial charge in [0.25, 0.3) is 0 Å². The van der Waals surface area contributed by atoms with Crippen molar-refractivity contribution < 1.29 is 0 Å². The summed E-state index contributed by atoms with van der Waals surface area (Å²) >= 11 is 3.61. The molecule has 1 aliphatic carbocycles. The molecule has 0 heterocycles. The van der Waals surface area contributed by atoms with Crippen LogP contribution in [0.2, 0.25) is 0 Å². The Morgan fingerprint density at radius 3 is 3.08 bits per heavy atom. The molecule has 12 heavy (non-hydrogen) atoms. The molecule has 64 valence electrons. The fourth-order valence-electron chi connectivity index (χ4n) is 1.92. The minimum atomic E-state index is 0.858. The number of rotatable bonds is 0. The summed E-state index contributed by atoms with van der Waals surface area (Å²) < 4.78 is 1.30. The summed E-state index contributed by atoms with van der Waals surface area (Å²) in [5.74, 6) is 0.858. The molecule has 0 aromatic heterocycles. The highest BCUT2D eigenvalue weighted by Gasteiger charge is 2.16. The molecule has 0 spiro atoms. The number of hydrogen-bond donors (Lipinski definition) is 0. The molecule has 0 nitrogen and oxygen atoms in total. The van der Waals surface area contributed by atoms with E-state index in [9.17, 15) is 0 Å². The van der Waals surface area contributed by atoms with Crippen molar-refractivity contribution in [1.82, 2.24) is 0 Å². The summed E-state index contributed by atoms with van der Waals surface area (Å²) in [7, 11) is 0. The van der Waals surface area contributed by atoms with Crippen LogP contribution < -0.4 is 0 Å². The SMILES string of the molecule is CC1CCc2cccc(Br)c2C1. The van der Waals surface area contributed by atoms with Crippen molar-refractivity contribution in [3.8, 4) is 0 Å². The number of hydrogen-bond acceptors (Lipinski definition) is 0. The van der Waals surface area contributed by atoms with Gasteiger partial charge in [0, 0.05) is 4.47 Å². The maximum atomic E-state index is 3.61. The predicted molar refractivity (Wildman–Crippen MR) is 55.3 cm³/mol. The molecule has 1 atom stereocenters. The molecule has 0 amide bonds. The lowest BCUT2D eigenvalue weighted by molar-refractivity contribution is 0.500. The van der Waals surface area contributed by atoms with Gasteiger partial charge in [-0.2, -0.15) is 0 Å². The summed E-state index contributed by atoms with van der Waals surface area (Å²) in [6.07, 6.45) is 3.86. The van der Waals surface area contributed by atoms with Crippen LogP contribution in [0.3, 0.4) is 0 Å². The smallest absolute Gasteiger partial charge is 0.0210 e. The quantitative estimate of drug-likeness (QED) is 0.633.